The Morgan fingerprint density at radius 2 is 1.83 bits per heavy atom. The molecule has 0 aliphatic carbocycles. The topological polar surface area (TPSA) is 82.5 Å². The number of hydrogen-bond donors (Lipinski definition) is 0. The molecule has 3 heterocycles. The van der Waals surface area contributed by atoms with Crippen LogP contribution in [0.2, 0.25) is 0 Å². The van der Waals surface area contributed by atoms with E-state index in [4.69, 9.17) is 9.40 Å². The molecule has 0 atom stereocenters. The molecule has 0 saturated heterocycles. The average molecular weight is 483 g/mol. The van der Waals surface area contributed by atoms with Gasteiger partial charge in [0.25, 0.3) is 0 Å². The Morgan fingerprint density at radius 3 is 2.57 bits per heavy atom. The quantitative estimate of drug-likeness (QED) is 0.185. The molecule has 0 fully saturated rings. The highest BCUT2D eigenvalue weighted by Gasteiger charge is 2.19. The number of thioether (sulfide) groups is 1. The molecule has 0 amide bonds. The summed E-state index contributed by atoms with van der Waals surface area (Å²) in [5.41, 5.74) is 5.06. The van der Waals surface area contributed by atoms with E-state index in [1.807, 2.05) is 38.1 Å². The predicted molar refractivity (Wildman–Crippen MR) is 139 cm³/mol. The van der Waals surface area contributed by atoms with Crippen LogP contribution >= 0.6 is 11.8 Å². The molecule has 0 unspecified atom stereocenters. The number of nitrogens with zero attached hydrogens (tertiary/aromatic N) is 6. The Kier molecular flexibility index (Phi) is 6.46. The number of aromatic nitrogens is 6. The highest BCUT2D eigenvalue weighted by molar-refractivity contribution is 7.98. The van der Waals surface area contributed by atoms with Crippen LogP contribution in [0.5, 0.6) is 0 Å². The van der Waals surface area contributed by atoms with Crippen molar-refractivity contribution in [1.29, 1.82) is 0 Å². The largest absolute Gasteiger partial charge is 0.424 e. The number of hydrogen-bond acceptors (Lipinski definition) is 7. The number of benzene rings is 2. The molecule has 0 aliphatic heterocycles. The highest BCUT2D eigenvalue weighted by Crippen LogP contribution is 2.33. The fraction of sp³-hybridized carbons (Fsp3) is 0.222. The van der Waals surface area contributed by atoms with E-state index >= 15 is 0 Å². The molecule has 0 saturated carbocycles. The van der Waals surface area contributed by atoms with Gasteiger partial charge >= 0.3 is 0 Å². The zero-order chi connectivity index (χ0) is 24.4. The summed E-state index contributed by atoms with van der Waals surface area (Å²) in [6.07, 6.45) is 1.85. The van der Waals surface area contributed by atoms with Crippen LogP contribution in [0.3, 0.4) is 0 Å². The van der Waals surface area contributed by atoms with Crippen molar-refractivity contribution in [2.75, 3.05) is 0 Å². The van der Waals surface area contributed by atoms with Crippen LogP contribution in [0.1, 0.15) is 37.1 Å². The molecule has 0 N–H and O–H groups in total. The highest BCUT2D eigenvalue weighted by atomic mass is 32.2. The van der Waals surface area contributed by atoms with Gasteiger partial charge in [-0.15, -0.1) is 27.0 Å². The summed E-state index contributed by atoms with van der Waals surface area (Å²) in [5, 5.41) is 19.2. The molecular weight excluding hydrogens is 456 g/mol. The van der Waals surface area contributed by atoms with Gasteiger partial charge in [-0.3, -0.25) is 4.57 Å². The summed E-state index contributed by atoms with van der Waals surface area (Å²) < 4.78 is 7.83. The number of rotatable bonds is 8. The first-order valence-corrected chi connectivity index (χ1v) is 12.5. The van der Waals surface area contributed by atoms with E-state index in [-0.39, 0.29) is 5.92 Å². The normalized spacial score (nSPS) is 11.4. The van der Waals surface area contributed by atoms with Crippen molar-refractivity contribution >= 4 is 22.7 Å². The van der Waals surface area contributed by atoms with Crippen LogP contribution in [0, 0.1) is 6.92 Å². The van der Waals surface area contributed by atoms with Crippen LogP contribution in [0.15, 0.2) is 76.8 Å². The maximum atomic E-state index is 5.76. The zero-order valence-corrected chi connectivity index (χ0v) is 20.8. The first-order chi connectivity index (χ1) is 17.0. The molecule has 35 heavy (non-hydrogen) atoms. The molecule has 0 spiro atoms. The van der Waals surface area contributed by atoms with Gasteiger partial charge in [-0.1, -0.05) is 79.7 Å². The third kappa shape index (κ3) is 4.74. The van der Waals surface area contributed by atoms with E-state index < -0.39 is 0 Å². The predicted octanol–water partition coefficient (Wildman–Crippen LogP) is 6.45. The van der Waals surface area contributed by atoms with Crippen LogP contribution in [-0.2, 0) is 12.3 Å². The third-order valence-electron chi connectivity index (χ3n) is 5.63. The maximum absolute atomic E-state index is 5.76. The second kappa shape index (κ2) is 9.84. The molecule has 5 aromatic rings. The summed E-state index contributed by atoms with van der Waals surface area (Å²) in [4.78, 5) is 4.93. The number of fused-ring (bicyclic) bond motifs is 1. The van der Waals surface area contributed by atoms with E-state index in [0.29, 0.717) is 24.1 Å². The van der Waals surface area contributed by atoms with Crippen LogP contribution in [-0.4, -0.2) is 29.9 Å². The van der Waals surface area contributed by atoms with E-state index in [1.165, 1.54) is 17.3 Å². The van der Waals surface area contributed by atoms with Gasteiger partial charge in [0, 0.05) is 29.0 Å². The fourth-order valence-corrected chi connectivity index (χ4v) is 4.59. The zero-order valence-electron chi connectivity index (χ0n) is 20.0. The van der Waals surface area contributed by atoms with Crippen molar-refractivity contribution in [1.82, 2.24) is 29.9 Å². The molecule has 3 aromatic heterocycles. The van der Waals surface area contributed by atoms with Gasteiger partial charge in [0.1, 0.15) is 0 Å². The van der Waals surface area contributed by atoms with Gasteiger partial charge in [-0.2, -0.15) is 0 Å². The Morgan fingerprint density at radius 1 is 1.03 bits per heavy atom. The smallest absolute Gasteiger partial charge is 0.226 e. The van der Waals surface area contributed by atoms with Crippen LogP contribution in [0.25, 0.3) is 33.5 Å². The van der Waals surface area contributed by atoms with Crippen molar-refractivity contribution in [3.8, 4) is 22.6 Å². The lowest BCUT2D eigenvalue weighted by Gasteiger charge is -2.12. The number of aryl methyl sites for hydroxylation is 1. The minimum atomic E-state index is 0.194. The molecule has 2 aromatic carbocycles. The monoisotopic (exact) mass is 482 g/mol. The molecule has 0 aliphatic rings. The fourth-order valence-electron chi connectivity index (χ4n) is 3.81. The van der Waals surface area contributed by atoms with Crippen molar-refractivity contribution < 1.29 is 4.42 Å². The summed E-state index contributed by atoms with van der Waals surface area (Å²) in [6, 6.07) is 18.6. The Bertz CT molecular complexity index is 1490. The van der Waals surface area contributed by atoms with E-state index in [9.17, 15) is 0 Å². The summed E-state index contributed by atoms with van der Waals surface area (Å²) in [6.45, 7) is 10.7. The van der Waals surface area contributed by atoms with Crippen LogP contribution in [0.4, 0.5) is 0 Å². The SMILES string of the molecule is C=CCn1c(SCc2nnc(C(C)C)o2)nnc1-c1cc(-c2ccc(C)cc2)nc2ccccc12. The molecule has 0 bridgehead atoms. The van der Waals surface area contributed by atoms with Gasteiger partial charge in [0.15, 0.2) is 11.0 Å². The second-order valence-electron chi connectivity index (χ2n) is 8.62. The maximum Gasteiger partial charge on any atom is 0.226 e. The van der Waals surface area contributed by atoms with Crippen LogP contribution < -0.4 is 0 Å². The van der Waals surface area contributed by atoms with Gasteiger partial charge in [-0.25, -0.2) is 4.98 Å². The first-order valence-electron chi connectivity index (χ1n) is 11.5. The summed E-state index contributed by atoms with van der Waals surface area (Å²) >= 11 is 1.52. The van der Waals surface area contributed by atoms with E-state index in [2.05, 4.69) is 74.9 Å². The minimum Gasteiger partial charge on any atom is -0.424 e. The molecule has 176 valence electrons. The number of para-hydroxylation sites is 1. The van der Waals surface area contributed by atoms with Crippen molar-refractivity contribution in [3.63, 3.8) is 0 Å². The molecule has 0 radical (unpaired) electrons. The minimum absolute atomic E-state index is 0.194. The van der Waals surface area contributed by atoms with Gasteiger partial charge in [0.2, 0.25) is 11.8 Å². The number of pyridine rings is 1. The molecule has 5 rings (SSSR count). The lowest BCUT2D eigenvalue weighted by molar-refractivity contribution is 0.445. The Balaban J connectivity index is 1.56. The lowest BCUT2D eigenvalue weighted by atomic mass is 10.0. The lowest BCUT2D eigenvalue weighted by Crippen LogP contribution is -2.02. The molecular formula is C27H26N6OS. The third-order valence-corrected chi connectivity index (χ3v) is 6.59. The van der Waals surface area contributed by atoms with E-state index in [0.717, 1.165) is 38.7 Å². The molecule has 8 heteroatoms. The Labute approximate surface area is 208 Å². The summed E-state index contributed by atoms with van der Waals surface area (Å²) in [7, 11) is 0. The van der Waals surface area contributed by atoms with E-state index in [1.54, 1.807) is 0 Å². The first kappa shape index (κ1) is 23.0. The number of allylic oxidation sites excluding steroid dienone is 1. The van der Waals surface area contributed by atoms with Crippen molar-refractivity contribution in [2.24, 2.45) is 0 Å². The summed E-state index contributed by atoms with van der Waals surface area (Å²) in [5.74, 6) is 2.69. The van der Waals surface area contributed by atoms with Gasteiger partial charge in [0.05, 0.1) is 17.0 Å². The van der Waals surface area contributed by atoms with Gasteiger partial charge in [-0.05, 0) is 19.1 Å². The standard InChI is InChI=1S/C27H26N6OS/c1-5-14-33-25(30-32-27(33)35-16-24-29-31-26(34-24)17(2)3)21-15-23(19-12-10-18(4)11-13-19)28-22-9-7-6-8-20(21)22/h5-13,15,17H,1,14,16H2,2-4H3. The van der Waals surface area contributed by atoms with Gasteiger partial charge < -0.3 is 4.42 Å². The molecule has 7 nitrogen and oxygen atoms in total. The average Bonchev–Trinajstić information content (AvgIpc) is 3.50. The van der Waals surface area contributed by atoms with Crippen molar-refractivity contribution in [2.45, 2.75) is 44.1 Å². The van der Waals surface area contributed by atoms with Crippen molar-refractivity contribution in [3.05, 3.63) is 84.6 Å². The Hall–Kier alpha value is -3.78. The second-order valence-corrected chi connectivity index (χ2v) is 9.56.